The van der Waals surface area contributed by atoms with Gasteiger partial charge in [-0.3, -0.25) is 0 Å². The highest BCUT2D eigenvalue weighted by Crippen LogP contribution is 2.11. The van der Waals surface area contributed by atoms with Gasteiger partial charge in [-0.2, -0.15) is 0 Å². The summed E-state index contributed by atoms with van der Waals surface area (Å²) in [5.41, 5.74) is 0. The first-order valence-corrected chi connectivity index (χ1v) is 2.65. The second-order valence-corrected chi connectivity index (χ2v) is 1.88. The summed E-state index contributed by atoms with van der Waals surface area (Å²) in [4.78, 5) is 0. The van der Waals surface area contributed by atoms with E-state index in [4.69, 9.17) is 4.18 Å². The lowest BCUT2D eigenvalue weighted by Crippen LogP contribution is -1.69. The van der Waals surface area contributed by atoms with Crippen LogP contribution in [-0.2, 0) is 4.18 Å². The number of hydrogen-bond acceptors (Lipinski definition) is 3. The molecule has 1 heterocycles. The van der Waals surface area contributed by atoms with E-state index in [0.29, 0.717) is 0 Å². The van der Waals surface area contributed by atoms with Crippen molar-refractivity contribution < 1.29 is 4.18 Å². The Morgan fingerprint density at radius 2 is 2.33 bits per heavy atom. The Labute approximate surface area is 42.0 Å². The van der Waals surface area contributed by atoms with Crippen LogP contribution in [0, 0.1) is 0 Å². The van der Waals surface area contributed by atoms with Crippen LogP contribution in [0.25, 0.3) is 0 Å². The quantitative estimate of drug-likeness (QED) is 0.473. The highest BCUT2D eigenvalue weighted by Gasteiger charge is 1.96. The van der Waals surface area contributed by atoms with E-state index >= 15 is 0 Å². The van der Waals surface area contributed by atoms with Crippen molar-refractivity contribution >= 4 is 12.0 Å². The molecule has 1 rings (SSSR count). The highest BCUT2D eigenvalue weighted by molar-refractivity contribution is 7.94. The molecule has 0 aromatic carbocycles. The van der Waals surface area contributed by atoms with Gasteiger partial charge >= 0.3 is 0 Å². The van der Waals surface area contributed by atoms with Crippen LogP contribution < -0.4 is 6.15 Å². The molecule has 6 heavy (non-hydrogen) atoms. The molecular formula is C3H9NOS. The van der Waals surface area contributed by atoms with Gasteiger partial charge in [-0.25, -0.2) is 0 Å². The van der Waals surface area contributed by atoms with Crippen molar-refractivity contribution in [2.45, 2.75) is 6.42 Å². The van der Waals surface area contributed by atoms with Gasteiger partial charge in [0.1, 0.15) is 0 Å². The summed E-state index contributed by atoms with van der Waals surface area (Å²) >= 11 is 1.57. The monoisotopic (exact) mass is 107 g/mol. The molecule has 0 aromatic rings. The molecular weight excluding hydrogens is 98.1 g/mol. The third-order valence-corrected chi connectivity index (χ3v) is 1.33. The second-order valence-electron chi connectivity index (χ2n) is 0.998. The van der Waals surface area contributed by atoms with Gasteiger partial charge in [0.25, 0.3) is 0 Å². The Morgan fingerprint density at radius 1 is 1.50 bits per heavy atom. The van der Waals surface area contributed by atoms with Gasteiger partial charge in [0, 0.05) is 5.75 Å². The molecule has 0 unspecified atom stereocenters. The summed E-state index contributed by atoms with van der Waals surface area (Å²) in [7, 11) is 0. The SMILES string of the molecule is C1COSC1.N. The lowest BCUT2D eigenvalue weighted by atomic mass is 10.5. The molecule has 0 aliphatic carbocycles. The molecule has 0 spiro atoms. The average Bonchev–Trinajstić information content (AvgIpc) is 1.76. The van der Waals surface area contributed by atoms with Crippen molar-refractivity contribution in [3.63, 3.8) is 0 Å². The number of rotatable bonds is 0. The Morgan fingerprint density at radius 3 is 2.50 bits per heavy atom. The lowest BCUT2D eigenvalue weighted by molar-refractivity contribution is 0.404. The van der Waals surface area contributed by atoms with Crippen molar-refractivity contribution in [1.82, 2.24) is 6.15 Å². The normalized spacial score (nSPS) is 20.0. The lowest BCUT2D eigenvalue weighted by Gasteiger charge is -1.74. The predicted molar refractivity (Wildman–Crippen MR) is 28.0 cm³/mol. The van der Waals surface area contributed by atoms with Crippen molar-refractivity contribution in [3.05, 3.63) is 0 Å². The van der Waals surface area contributed by atoms with E-state index in [0.717, 1.165) is 6.61 Å². The van der Waals surface area contributed by atoms with E-state index in [1.54, 1.807) is 12.0 Å². The molecule has 38 valence electrons. The van der Waals surface area contributed by atoms with Crippen molar-refractivity contribution in [1.29, 1.82) is 0 Å². The summed E-state index contributed by atoms with van der Waals surface area (Å²) in [5, 5.41) is 0. The topological polar surface area (TPSA) is 44.2 Å². The first-order valence-electron chi connectivity index (χ1n) is 1.74. The van der Waals surface area contributed by atoms with Crippen LogP contribution in [-0.4, -0.2) is 12.4 Å². The van der Waals surface area contributed by atoms with Crippen LogP contribution in [0.5, 0.6) is 0 Å². The van der Waals surface area contributed by atoms with Gasteiger partial charge < -0.3 is 10.3 Å². The van der Waals surface area contributed by atoms with Gasteiger partial charge in [0.15, 0.2) is 0 Å². The zero-order valence-electron chi connectivity index (χ0n) is 3.64. The van der Waals surface area contributed by atoms with Crippen molar-refractivity contribution in [2.24, 2.45) is 0 Å². The van der Waals surface area contributed by atoms with Crippen LogP contribution >= 0.6 is 12.0 Å². The molecule has 1 aliphatic rings. The molecule has 0 bridgehead atoms. The van der Waals surface area contributed by atoms with Crippen LogP contribution in [0.3, 0.4) is 0 Å². The van der Waals surface area contributed by atoms with E-state index in [1.165, 1.54) is 12.2 Å². The summed E-state index contributed by atoms with van der Waals surface area (Å²) < 4.78 is 4.86. The Balaban J connectivity index is 0.000000250. The van der Waals surface area contributed by atoms with Crippen LogP contribution in [0.2, 0.25) is 0 Å². The third-order valence-electron chi connectivity index (χ3n) is 0.539. The molecule has 0 saturated carbocycles. The third kappa shape index (κ3) is 1.64. The molecule has 3 heteroatoms. The van der Waals surface area contributed by atoms with Gasteiger partial charge in [0.2, 0.25) is 0 Å². The molecule has 1 aliphatic heterocycles. The molecule has 1 fully saturated rings. The Bertz CT molecular complexity index is 22.4. The standard InChI is InChI=1S/C3H6OS.H3N/c1-2-4-5-3-1;/h1-3H2;1H3. The minimum absolute atomic E-state index is 0. The maximum Gasteiger partial charge on any atom is 0.0622 e. The van der Waals surface area contributed by atoms with E-state index < -0.39 is 0 Å². The van der Waals surface area contributed by atoms with E-state index in [9.17, 15) is 0 Å². The molecule has 2 nitrogen and oxygen atoms in total. The fraction of sp³-hybridized carbons (Fsp3) is 1.00. The molecule has 0 amide bonds. The fourth-order valence-electron chi connectivity index (χ4n) is 0.295. The zero-order valence-corrected chi connectivity index (χ0v) is 4.46. The summed E-state index contributed by atoms with van der Waals surface area (Å²) in [6.45, 7) is 0.963. The minimum atomic E-state index is 0. The van der Waals surface area contributed by atoms with Gasteiger partial charge in [-0.15, -0.1) is 0 Å². The van der Waals surface area contributed by atoms with Crippen LogP contribution in [0.15, 0.2) is 0 Å². The summed E-state index contributed by atoms with van der Waals surface area (Å²) in [6.07, 6.45) is 1.24. The van der Waals surface area contributed by atoms with Gasteiger partial charge in [0.05, 0.1) is 6.61 Å². The molecule has 3 N–H and O–H groups in total. The van der Waals surface area contributed by atoms with Crippen molar-refractivity contribution in [2.75, 3.05) is 12.4 Å². The maximum absolute atomic E-state index is 4.86. The van der Waals surface area contributed by atoms with Gasteiger partial charge in [-0.1, -0.05) is 0 Å². The first kappa shape index (κ1) is 6.27. The average molecular weight is 107 g/mol. The van der Waals surface area contributed by atoms with Gasteiger partial charge in [-0.05, 0) is 18.5 Å². The summed E-state index contributed by atoms with van der Waals surface area (Å²) in [6, 6.07) is 0. The Hall–Kier alpha value is 0.270. The van der Waals surface area contributed by atoms with E-state index in [-0.39, 0.29) is 6.15 Å². The first-order chi connectivity index (χ1) is 2.50. The second kappa shape index (κ2) is 3.46. The highest BCUT2D eigenvalue weighted by atomic mass is 32.2. The Kier molecular flexibility index (Phi) is 3.62. The van der Waals surface area contributed by atoms with Crippen LogP contribution in [0.1, 0.15) is 6.42 Å². The zero-order chi connectivity index (χ0) is 3.54. The summed E-state index contributed by atoms with van der Waals surface area (Å²) in [5.74, 6) is 1.19. The predicted octanol–water partition coefficient (Wildman–Crippen LogP) is 1.22. The fourth-order valence-corrected chi connectivity index (χ4v) is 0.884. The largest absolute Gasteiger partial charge is 0.344 e. The molecule has 1 saturated heterocycles. The molecule has 0 atom stereocenters. The van der Waals surface area contributed by atoms with Crippen LogP contribution in [0.4, 0.5) is 0 Å². The van der Waals surface area contributed by atoms with E-state index in [2.05, 4.69) is 0 Å². The molecule has 0 aromatic heterocycles. The van der Waals surface area contributed by atoms with E-state index in [1.807, 2.05) is 0 Å². The minimum Gasteiger partial charge on any atom is -0.344 e. The number of hydrogen-bond donors (Lipinski definition) is 1. The van der Waals surface area contributed by atoms with Crippen molar-refractivity contribution in [3.8, 4) is 0 Å². The molecule has 0 radical (unpaired) electrons. The smallest absolute Gasteiger partial charge is 0.0622 e. The maximum atomic E-state index is 4.86.